The lowest BCUT2D eigenvalue weighted by atomic mass is 9.96. The van der Waals surface area contributed by atoms with Crippen molar-refractivity contribution in [2.24, 2.45) is 0 Å². The molecule has 0 saturated carbocycles. The second kappa shape index (κ2) is 6.14. The van der Waals surface area contributed by atoms with Gasteiger partial charge in [-0.3, -0.25) is 9.78 Å². The Balaban J connectivity index is 2.34. The quantitative estimate of drug-likeness (QED) is 0.788. The van der Waals surface area contributed by atoms with Gasteiger partial charge < -0.3 is 4.74 Å². The number of carbonyl (C=O) groups excluding carboxylic acids is 1. The summed E-state index contributed by atoms with van der Waals surface area (Å²) in [6, 6.07) is 12.1. The van der Waals surface area contributed by atoms with E-state index in [2.05, 4.69) is 17.1 Å². The highest BCUT2D eigenvalue weighted by atomic mass is 16.5. The molecule has 1 aromatic carbocycles. The number of esters is 1. The SMILES string of the molecule is COC(=O)CCc1c(-c2ccccc2)ccnc1C. The number of aromatic nitrogens is 1. The summed E-state index contributed by atoms with van der Waals surface area (Å²) in [5, 5.41) is 0. The maximum Gasteiger partial charge on any atom is 0.305 e. The standard InChI is InChI=1S/C16H17NO2/c1-12-14(8-9-16(18)19-2)15(10-11-17-12)13-6-4-3-5-7-13/h3-7,10-11H,8-9H2,1-2H3. The molecule has 0 atom stereocenters. The molecule has 19 heavy (non-hydrogen) atoms. The van der Waals surface area contributed by atoms with E-state index in [0.717, 1.165) is 22.4 Å². The van der Waals surface area contributed by atoms with Crippen molar-refractivity contribution in [3.05, 3.63) is 53.9 Å². The Morgan fingerprint density at radius 2 is 1.95 bits per heavy atom. The summed E-state index contributed by atoms with van der Waals surface area (Å²) in [4.78, 5) is 15.6. The lowest BCUT2D eigenvalue weighted by Gasteiger charge is -2.11. The van der Waals surface area contributed by atoms with Crippen LogP contribution in [0.2, 0.25) is 0 Å². The zero-order valence-electron chi connectivity index (χ0n) is 11.2. The topological polar surface area (TPSA) is 39.2 Å². The minimum Gasteiger partial charge on any atom is -0.469 e. The predicted octanol–water partition coefficient (Wildman–Crippen LogP) is 3.16. The zero-order chi connectivity index (χ0) is 13.7. The molecule has 1 heterocycles. The summed E-state index contributed by atoms with van der Waals surface area (Å²) in [5.74, 6) is -0.192. The normalized spacial score (nSPS) is 10.2. The third-order valence-corrected chi connectivity index (χ3v) is 3.16. The Kier molecular flexibility index (Phi) is 4.29. The van der Waals surface area contributed by atoms with Crippen molar-refractivity contribution in [3.8, 4) is 11.1 Å². The van der Waals surface area contributed by atoms with Gasteiger partial charge in [-0.05, 0) is 36.1 Å². The van der Waals surface area contributed by atoms with Gasteiger partial charge in [-0.1, -0.05) is 30.3 Å². The number of benzene rings is 1. The van der Waals surface area contributed by atoms with Gasteiger partial charge in [0.05, 0.1) is 7.11 Å². The molecule has 0 aliphatic heterocycles. The molecule has 0 radical (unpaired) electrons. The van der Waals surface area contributed by atoms with Gasteiger partial charge in [0, 0.05) is 18.3 Å². The van der Waals surface area contributed by atoms with Gasteiger partial charge in [0.1, 0.15) is 0 Å². The van der Waals surface area contributed by atoms with Crippen LogP contribution in [0.15, 0.2) is 42.6 Å². The molecular weight excluding hydrogens is 238 g/mol. The molecule has 3 heteroatoms. The first-order valence-electron chi connectivity index (χ1n) is 6.29. The van der Waals surface area contributed by atoms with E-state index in [1.54, 1.807) is 6.20 Å². The maximum absolute atomic E-state index is 11.3. The van der Waals surface area contributed by atoms with Gasteiger partial charge in [0.25, 0.3) is 0 Å². The minimum atomic E-state index is -0.192. The zero-order valence-corrected chi connectivity index (χ0v) is 11.2. The molecular formula is C16H17NO2. The molecule has 0 N–H and O–H groups in total. The first-order valence-corrected chi connectivity index (χ1v) is 6.29. The van der Waals surface area contributed by atoms with Crippen molar-refractivity contribution >= 4 is 5.97 Å². The third kappa shape index (κ3) is 3.19. The van der Waals surface area contributed by atoms with E-state index in [1.807, 2.05) is 31.2 Å². The summed E-state index contributed by atoms with van der Waals surface area (Å²) in [7, 11) is 1.41. The number of hydrogen-bond donors (Lipinski definition) is 0. The van der Waals surface area contributed by atoms with E-state index >= 15 is 0 Å². The molecule has 0 saturated heterocycles. The van der Waals surface area contributed by atoms with Gasteiger partial charge in [0.2, 0.25) is 0 Å². The molecule has 1 aromatic heterocycles. The van der Waals surface area contributed by atoms with Crippen LogP contribution in [-0.4, -0.2) is 18.1 Å². The highest BCUT2D eigenvalue weighted by molar-refractivity contribution is 5.72. The van der Waals surface area contributed by atoms with Crippen LogP contribution < -0.4 is 0 Å². The fourth-order valence-electron chi connectivity index (χ4n) is 2.13. The van der Waals surface area contributed by atoms with E-state index in [1.165, 1.54) is 7.11 Å². The van der Waals surface area contributed by atoms with E-state index in [-0.39, 0.29) is 5.97 Å². The predicted molar refractivity (Wildman–Crippen MR) is 74.7 cm³/mol. The Morgan fingerprint density at radius 1 is 1.21 bits per heavy atom. The number of pyridine rings is 1. The summed E-state index contributed by atoms with van der Waals surface area (Å²) >= 11 is 0. The van der Waals surface area contributed by atoms with E-state index in [4.69, 9.17) is 4.74 Å². The number of carbonyl (C=O) groups is 1. The fraction of sp³-hybridized carbons (Fsp3) is 0.250. The first-order chi connectivity index (χ1) is 9.22. The number of methoxy groups -OCH3 is 1. The lowest BCUT2D eigenvalue weighted by molar-refractivity contribution is -0.140. The Morgan fingerprint density at radius 3 is 2.63 bits per heavy atom. The van der Waals surface area contributed by atoms with E-state index in [0.29, 0.717) is 12.8 Å². The van der Waals surface area contributed by atoms with Crippen LogP contribution in [0.25, 0.3) is 11.1 Å². The van der Waals surface area contributed by atoms with Crippen molar-refractivity contribution in [2.75, 3.05) is 7.11 Å². The van der Waals surface area contributed by atoms with Gasteiger partial charge in [-0.2, -0.15) is 0 Å². The highest BCUT2D eigenvalue weighted by Crippen LogP contribution is 2.25. The maximum atomic E-state index is 11.3. The molecule has 2 rings (SSSR count). The summed E-state index contributed by atoms with van der Waals surface area (Å²) in [5.41, 5.74) is 4.36. The van der Waals surface area contributed by atoms with Gasteiger partial charge >= 0.3 is 5.97 Å². The molecule has 2 aromatic rings. The molecule has 0 aliphatic rings. The van der Waals surface area contributed by atoms with Crippen molar-refractivity contribution < 1.29 is 9.53 Å². The smallest absolute Gasteiger partial charge is 0.305 e. The van der Waals surface area contributed by atoms with Crippen molar-refractivity contribution in [2.45, 2.75) is 19.8 Å². The molecule has 0 aliphatic carbocycles. The van der Waals surface area contributed by atoms with Crippen LogP contribution in [-0.2, 0) is 16.0 Å². The van der Waals surface area contributed by atoms with Gasteiger partial charge in [-0.25, -0.2) is 0 Å². The average Bonchev–Trinajstić information content (AvgIpc) is 2.46. The van der Waals surface area contributed by atoms with E-state index in [9.17, 15) is 4.79 Å². The number of rotatable bonds is 4. The average molecular weight is 255 g/mol. The van der Waals surface area contributed by atoms with Gasteiger partial charge in [-0.15, -0.1) is 0 Å². The van der Waals surface area contributed by atoms with Crippen molar-refractivity contribution in [1.82, 2.24) is 4.98 Å². The molecule has 0 amide bonds. The Bertz CT molecular complexity index is 564. The monoisotopic (exact) mass is 255 g/mol. The Labute approximate surface area is 113 Å². The Hall–Kier alpha value is -2.16. The molecule has 0 fully saturated rings. The summed E-state index contributed by atoms with van der Waals surface area (Å²) in [6.07, 6.45) is 2.83. The van der Waals surface area contributed by atoms with Crippen LogP contribution in [0.3, 0.4) is 0 Å². The van der Waals surface area contributed by atoms with Crippen LogP contribution in [0, 0.1) is 6.92 Å². The number of aryl methyl sites for hydroxylation is 1. The van der Waals surface area contributed by atoms with Gasteiger partial charge in [0.15, 0.2) is 0 Å². The number of ether oxygens (including phenoxy) is 1. The van der Waals surface area contributed by atoms with Crippen molar-refractivity contribution in [1.29, 1.82) is 0 Å². The minimum absolute atomic E-state index is 0.192. The fourth-order valence-corrected chi connectivity index (χ4v) is 2.13. The van der Waals surface area contributed by atoms with E-state index < -0.39 is 0 Å². The van der Waals surface area contributed by atoms with Crippen LogP contribution in [0.4, 0.5) is 0 Å². The lowest BCUT2D eigenvalue weighted by Crippen LogP contribution is -2.04. The molecule has 98 valence electrons. The second-order valence-corrected chi connectivity index (χ2v) is 4.36. The van der Waals surface area contributed by atoms with Crippen LogP contribution >= 0.6 is 0 Å². The number of hydrogen-bond acceptors (Lipinski definition) is 3. The number of nitrogens with zero attached hydrogens (tertiary/aromatic N) is 1. The largest absolute Gasteiger partial charge is 0.469 e. The molecule has 0 unspecified atom stereocenters. The summed E-state index contributed by atoms with van der Waals surface area (Å²) in [6.45, 7) is 1.97. The molecule has 3 nitrogen and oxygen atoms in total. The first kappa shape index (κ1) is 13.3. The molecule has 0 bridgehead atoms. The van der Waals surface area contributed by atoms with Crippen molar-refractivity contribution in [3.63, 3.8) is 0 Å². The van der Waals surface area contributed by atoms with Crippen LogP contribution in [0.5, 0.6) is 0 Å². The third-order valence-electron chi connectivity index (χ3n) is 3.16. The highest BCUT2D eigenvalue weighted by Gasteiger charge is 2.10. The summed E-state index contributed by atoms with van der Waals surface area (Å²) < 4.78 is 4.70. The molecule has 0 spiro atoms. The second-order valence-electron chi connectivity index (χ2n) is 4.36. The van der Waals surface area contributed by atoms with Crippen LogP contribution in [0.1, 0.15) is 17.7 Å².